The summed E-state index contributed by atoms with van der Waals surface area (Å²) in [7, 11) is 0. The maximum absolute atomic E-state index is 6.21. The van der Waals surface area contributed by atoms with Crippen LogP contribution in [0, 0.1) is 0 Å². The van der Waals surface area contributed by atoms with E-state index in [-0.39, 0.29) is 0 Å². The predicted molar refractivity (Wildman–Crippen MR) is 97.1 cm³/mol. The molecule has 0 atom stereocenters. The van der Waals surface area contributed by atoms with Crippen molar-refractivity contribution in [3.63, 3.8) is 0 Å². The first-order chi connectivity index (χ1) is 11.8. The highest BCUT2D eigenvalue weighted by atomic mass is 16.5. The smallest absolute Gasteiger partial charge is 0.159 e. The standard InChI is InChI=1S/C18H19N5O/c1-2-24-15-11-7-6-10-14(15)23-18-16(19)17(20-12-21-18)22-13-8-4-3-5-9-13/h3-12H,2,19H2,1H3,(H2,20,21,22,23). The molecule has 2 aromatic carbocycles. The van der Waals surface area contributed by atoms with Gasteiger partial charge in [0.2, 0.25) is 0 Å². The molecule has 0 spiro atoms. The first-order valence-corrected chi connectivity index (χ1v) is 7.69. The molecule has 122 valence electrons. The minimum Gasteiger partial charge on any atom is -0.492 e. The lowest BCUT2D eigenvalue weighted by atomic mass is 10.3. The molecule has 6 heteroatoms. The van der Waals surface area contributed by atoms with Crippen molar-refractivity contribution in [2.45, 2.75) is 6.92 Å². The molecule has 6 nitrogen and oxygen atoms in total. The van der Waals surface area contributed by atoms with Crippen molar-refractivity contribution in [1.29, 1.82) is 0 Å². The van der Waals surface area contributed by atoms with Gasteiger partial charge in [0.25, 0.3) is 0 Å². The molecule has 3 aromatic rings. The molecule has 0 saturated carbocycles. The quantitative estimate of drug-likeness (QED) is 0.637. The number of hydrogen-bond donors (Lipinski definition) is 3. The number of nitrogens with zero attached hydrogens (tertiary/aromatic N) is 2. The summed E-state index contributed by atoms with van der Waals surface area (Å²) in [4.78, 5) is 8.45. The van der Waals surface area contributed by atoms with Gasteiger partial charge in [-0.05, 0) is 31.2 Å². The lowest BCUT2D eigenvalue weighted by Gasteiger charge is -2.14. The van der Waals surface area contributed by atoms with Gasteiger partial charge in [0.15, 0.2) is 11.6 Å². The summed E-state index contributed by atoms with van der Waals surface area (Å²) in [5.74, 6) is 1.82. The van der Waals surface area contributed by atoms with Crippen molar-refractivity contribution in [2.75, 3.05) is 23.0 Å². The van der Waals surface area contributed by atoms with Gasteiger partial charge in [-0.15, -0.1) is 0 Å². The Balaban J connectivity index is 1.86. The van der Waals surface area contributed by atoms with Gasteiger partial charge in [-0.2, -0.15) is 0 Å². The second-order valence-electron chi connectivity index (χ2n) is 5.03. The average Bonchev–Trinajstić information content (AvgIpc) is 2.61. The van der Waals surface area contributed by atoms with Crippen LogP contribution in [-0.4, -0.2) is 16.6 Å². The van der Waals surface area contributed by atoms with Crippen LogP contribution in [0.15, 0.2) is 60.9 Å². The van der Waals surface area contributed by atoms with Crippen LogP contribution in [0.3, 0.4) is 0 Å². The molecule has 24 heavy (non-hydrogen) atoms. The zero-order chi connectivity index (χ0) is 16.8. The number of anilines is 5. The number of rotatable bonds is 6. The Morgan fingerprint density at radius 3 is 2.33 bits per heavy atom. The van der Waals surface area contributed by atoms with E-state index in [4.69, 9.17) is 10.5 Å². The molecular formula is C18H19N5O. The van der Waals surface area contributed by atoms with E-state index in [1.807, 2.05) is 61.5 Å². The van der Waals surface area contributed by atoms with Crippen LogP contribution in [0.25, 0.3) is 0 Å². The van der Waals surface area contributed by atoms with Gasteiger partial charge < -0.3 is 21.1 Å². The summed E-state index contributed by atoms with van der Waals surface area (Å²) in [5.41, 5.74) is 8.36. The van der Waals surface area contributed by atoms with Crippen LogP contribution in [0.1, 0.15) is 6.92 Å². The van der Waals surface area contributed by atoms with Crippen LogP contribution in [0.4, 0.5) is 28.7 Å². The van der Waals surface area contributed by atoms with Crippen molar-refractivity contribution in [3.8, 4) is 5.75 Å². The molecule has 0 amide bonds. The monoisotopic (exact) mass is 321 g/mol. The van der Waals surface area contributed by atoms with E-state index in [0.29, 0.717) is 23.9 Å². The SMILES string of the molecule is CCOc1ccccc1Nc1ncnc(Nc2ccccc2)c1N. The first-order valence-electron chi connectivity index (χ1n) is 7.69. The van der Waals surface area contributed by atoms with Crippen LogP contribution in [-0.2, 0) is 0 Å². The summed E-state index contributed by atoms with van der Waals surface area (Å²) >= 11 is 0. The van der Waals surface area contributed by atoms with Gasteiger partial charge in [-0.3, -0.25) is 0 Å². The number of ether oxygens (including phenoxy) is 1. The molecule has 0 aliphatic carbocycles. The summed E-state index contributed by atoms with van der Waals surface area (Å²) < 4.78 is 5.61. The second kappa shape index (κ2) is 7.32. The third kappa shape index (κ3) is 3.55. The molecule has 0 saturated heterocycles. The Morgan fingerprint density at radius 2 is 1.58 bits per heavy atom. The van der Waals surface area contributed by atoms with Gasteiger partial charge >= 0.3 is 0 Å². The lowest BCUT2D eigenvalue weighted by Crippen LogP contribution is -2.06. The topological polar surface area (TPSA) is 85.1 Å². The van der Waals surface area contributed by atoms with Crippen LogP contribution < -0.4 is 21.1 Å². The van der Waals surface area contributed by atoms with Crippen LogP contribution >= 0.6 is 0 Å². The molecular weight excluding hydrogens is 302 g/mol. The van der Waals surface area contributed by atoms with Crippen molar-refractivity contribution in [3.05, 3.63) is 60.9 Å². The second-order valence-corrected chi connectivity index (χ2v) is 5.03. The molecule has 1 heterocycles. The summed E-state index contributed by atoms with van der Waals surface area (Å²) in [5, 5.41) is 6.40. The Hall–Kier alpha value is -3.28. The molecule has 4 N–H and O–H groups in total. The minimum absolute atomic E-state index is 0.438. The molecule has 3 rings (SSSR count). The van der Waals surface area contributed by atoms with Gasteiger partial charge in [-0.1, -0.05) is 30.3 Å². The molecule has 0 radical (unpaired) electrons. The molecule has 0 unspecified atom stereocenters. The molecule has 0 aliphatic rings. The highest BCUT2D eigenvalue weighted by molar-refractivity contribution is 5.81. The number of benzene rings is 2. The number of nitrogens with two attached hydrogens (primary N) is 1. The van der Waals surface area contributed by atoms with E-state index in [0.717, 1.165) is 17.1 Å². The summed E-state index contributed by atoms with van der Waals surface area (Å²) in [6, 6.07) is 17.4. The van der Waals surface area contributed by atoms with Gasteiger partial charge in [0.05, 0.1) is 12.3 Å². The highest BCUT2D eigenvalue weighted by Crippen LogP contribution is 2.31. The van der Waals surface area contributed by atoms with E-state index >= 15 is 0 Å². The number of para-hydroxylation sites is 3. The van der Waals surface area contributed by atoms with Crippen molar-refractivity contribution in [1.82, 2.24) is 9.97 Å². The minimum atomic E-state index is 0.438. The Kier molecular flexibility index (Phi) is 4.76. The molecule has 0 aliphatic heterocycles. The number of nitrogen functional groups attached to an aromatic ring is 1. The number of nitrogens with one attached hydrogen (secondary N) is 2. The molecule has 1 aromatic heterocycles. The van der Waals surface area contributed by atoms with Crippen molar-refractivity contribution in [2.24, 2.45) is 0 Å². The zero-order valence-corrected chi connectivity index (χ0v) is 13.4. The average molecular weight is 321 g/mol. The van der Waals surface area contributed by atoms with E-state index in [9.17, 15) is 0 Å². The van der Waals surface area contributed by atoms with E-state index in [1.165, 1.54) is 6.33 Å². The normalized spacial score (nSPS) is 10.2. The Labute approximate surface area is 140 Å². The molecule has 0 fully saturated rings. The maximum Gasteiger partial charge on any atom is 0.159 e. The predicted octanol–water partition coefficient (Wildman–Crippen LogP) is 3.94. The number of aromatic nitrogens is 2. The number of hydrogen-bond acceptors (Lipinski definition) is 6. The maximum atomic E-state index is 6.21. The van der Waals surface area contributed by atoms with Crippen LogP contribution in [0.5, 0.6) is 5.75 Å². The van der Waals surface area contributed by atoms with Gasteiger partial charge in [0.1, 0.15) is 17.8 Å². The fourth-order valence-corrected chi connectivity index (χ4v) is 2.23. The zero-order valence-electron chi connectivity index (χ0n) is 13.4. The van der Waals surface area contributed by atoms with Gasteiger partial charge in [0, 0.05) is 5.69 Å². The molecule has 0 bridgehead atoms. The lowest BCUT2D eigenvalue weighted by molar-refractivity contribution is 0.342. The Morgan fingerprint density at radius 1 is 0.917 bits per heavy atom. The van der Waals surface area contributed by atoms with Crippen LogP contribution in [0.2, 0.25) is 0 Å². The van der Waals surface area contributed by atoms with Crippen molar-refractivity contribution >= 4 is 28.7 Å². The summed E-state index contributed by atoms with van der Waals surface area (Å²) in [6.07, 6.45) is 1.47. The highest BCUT2D eigenvalue weighted by Gasteiger charge is 2.10. The third-order valence-electron chi connectivity index (χ3n) is 3.36. The third-order valence-corrected chi connectivity index (χ3v) is 3.36. The first kappa shape index (κ1) is 15.6. The van der Waals surface area contributed by atoms with E-state index in [2.05, 4.69) is 20.6 Å². The van der Waals surface area contributed by atoms with Gasteiger partial charge in [-0.25, -0.2) is 9.97 Å². The fraction of sp³-hybridized carbons (Fsp3) is 0.111. The largest absolute Gasteiger partial charge is 0.492 e. The summed E-state index contributed by atoms with van der Waals surface area (Å²) in [6.45, 7) is 2.52. The fourth-order valence-electron chi connectivity index (χ4n) is 2.23. The van der Waals surface area contributed by atoms with E-state index in [1.54, 1.807) is 0 Å². The van der Waals surface area contributed by atoms with Crippen molar-refractivity contribution < 1.29 is 4.74 Å². The van der Waals surface area contributed by atoms with E-state index < -0.39 is 0 Å². The Bertz CT molecular complexity index is 808.